The minimum atomic E-state index is -0.246. The molecule has 0 spiro atoms. The lowest BCUT2D eigenvalue weighted by Crippen LogP contribution is -2.47. The summed E-state index contributed by atoms with van der Waals surface area (Å²) in [4.78, 5) is 25.1. The summed E-state index contributed by atoms with van der Waals surface area (Å²) in [6.45, 7) is 5.38. The number of anilines is 2. The number of benzene rings is 1. The Hall–Kier alpha value is -2.74. The third kappa shape index (κ3) is 4.71. The van der Waals surface area contributed by atoms with Gasteiger partial charge in [0, 0.05) is 45.9 Å². The number of nitrogens with zero attached hydrogens (tertiary/aromatic N) is 4. The second kappa shape index (κ2) is 8.77. The molecular weight excluding hydrogens is 349 g/mol. The van der Waals surface area contributed by atoms with Gasteiger partial charge >= 0.3 is 0 Å². The number of halogens is 1. The Morgan fingerprint density at radius 2 is 1.89 bits per heavy atom. The number of aryl methyl sites for hydroxylation is 1. The lowest BCUT2D eigenvalue weighted by atomic mass is 10.2. The maximum absolute atomic E-state index is 14.0. The first kappa shape index (κ1) is 19.0. The first-order valence-corrected chi connectivity index (χ1v) is 8.95. The molecule has 0 aliphatic carbocycles. The summed E-state index contributed by atoms with van der Waals surface area (Å²) in [6.07, 6.45) is 0. The van der Waals surface area contributed by atoms with Crippen LogP contribution >= 0.6 is 0 Å². The van der Waals surface area contributed by atoms with Gasteiger partial charge in [-0.25, -0.2) is 14.4 Å². The van der Waals surface area contributed by atoms with Crippen LogP contribution in [0, 0.1) is 12.7 Å². The summed E-state index contributed by atoms with van der Waals surface area (Å²) in [5.74, 6) is 0.802. The number of piperazine rings is 1. The maximum atomic E-state index is 14.0. The number of amides is 1. The van der Waals surface area contributed by atoms with Gasteiger partial charge in [-0.2, -0.15) is 0 Å². The fourth-order valence-electron chi connectivity index (χ4n) is 3.07. The molecule has 0 saturated carbocycles. The third-order valence-electron chi connectivity index (χ3n) is 4.45. The molecule has 1 amide bonds. The molecule has 1 aromatic carbocycles. The van der Waals surface area contributed by atoms with Gasteiger partial charge in [0.2, 0.25) is 0 Å². The van der Waals surface area contributed by atoms with Gasteiger partial charge in [0.1, 0.15) is 23.2 Å². The molecule has 1 aromatic heterocycles. The molecular formula is C19H24FN5O2. The number of rotatable bonds is 6. The first-order valence-electron chi connectivity index (χ1n) is 8.95. The van der Waals surface area contributed by atoms with Crippen LogP contribution in [0.5, 0.6) is 0 Å². The fraction of sp³-hybridized carbons (Fsp3) is 0.421. The van der Waals surface area contributed by atoms with E-state index in [1.807, 2.05) is 11.0 Å². The van der Waals surface area contributed by atoms with E-state index in [0.717, 1.165) is 0 Å². The summed E-state index contributed by atoms with van der Waals surface area (Å²) in [5, 5.41) is 2.77. The Kier molecular flexibility index (Phi) is 6.18. The van der Waals surface area contributed by atoms with Crippen molar-refractivity contribution in [2.45, 2.75) is 6.92 Å². The standard InChI is InChI=1S/C19H24FN5O2/c1-14-22-16(19(26)21-7-12-27-2)13-18(23-14)25-10-8-24(9-11-25)17-6-4-3-5-15(17)20/h3-6,13H,7-12H2,1-2H3,(H,21,26). The third-order valence-corrected chi connectivity index (χ3v) is 4.45. The SMILES string of the molecule is COCCNC(=O)c1cc(N2CCN(c3ccccc3F)CC2)nc(C)n1. The molecule has 3 rings (SSSR count). The molecule has 1 aliphatic rings. The topological polar surface area (TPSA) is 70.6 Å². The summed E-state index contributed by atoms with van der Waals surface area (Å²) in [7, 11) is 1.58. The summed E-state index contributed by atoms with van der Waals surface area (Å²) in [6, 6.07) is 8.51. The second-order valence-electron chi connectivity index (χ2n) is 6.33. The van der Waals surface area contributed by atoms with Crippen molar-refractivity contribution >= 4 is 17.4 Å². The van der Waals surface area contributed by atoms with Crippen molar-refractivity contribution in [3.05, 3.63) is 47.7 Å². The van der Waals surface area contributed by atoms with E-state index in [9.17, 15) is 9.18 Å². The molecule has 2 aromatic rings. The predicted octanol–water partition coefficient (Wildman–Crippen LogP) is 1.63. The summed E-state index contributed by atoms with van der Waals surface area (Å²) in [5.41, 5.74) is 0.958. The number of methoxy groups -OCH3 is 1. The smallest absolute Gasteiger partial charge is 0.270 e. The zero-order chi connectivity index (χ0) is 19.2. The van der Waals surface area contributed by atoms with Crippen LogP contribution in [-0.4, -0.2) is 62.3 Å². The van der Waals surface area contributed by atoms with Crippen LogP contribution in [0.25, 0.3) is 0 Å². The molecule has 8 heteroatoms. The Balaban J connectivity index is 1.67. The molecule has 0 bridgehead atoms. The quantitative estimate of drug-likeness (QED) is 0.776. The van der Waals surface area contributed by atoms with Crippen molar-refractivity contribution in [1.29, 1.82) is 0 Å². The van der Waals surface area contributed by atoms with Gasteiger partial charge in [0.25, 0.3) is 5.91 Å². The molecule has 1 N–H and O–H groups in total. The van der Waals surface area contributed by atoms with Crippen LogP contribution < -0.4 is 15.1 Å². The molecule has 0 atom stereocenters. The Bertz CT molecular complexity index is 793. The lowest BCUT2D eigenvalue weighted by Gasteiger charge is -2.36. The Labute approximate surface area is 158 Å². The predicted molar refractivity (Wildman–Crippen MR) is 102 cm³/mol. The number of para-hydroxylation sites is 1. The monoisotopic (exact) mass is 373 g/mol. The van der Waals surface area contributed by atoms with E-state index < -0.39 is 0 Å². The van der Waals surface area contributed by atoms with Crippen molar-refractivity contribution in [1.82, 2.24) is 15.3 Å². The Morgan fingerprint density at radius 1 is 1.19 bits per heavy atom. The summed E-state index contributed by atoms with van der Waals surface area (Å²) < 4.78 is 18.9. The molecule has 2 heterocycles. The van der Waals surface area contributed by atoms with Crippen molar-refractivity contribution in [3.63, 3.8) is 0 Å². The van der Waals surface area contributed by atoms with Crippen LogP contribution in [0.4, 0.5) is 15.9 Å². The molecule has 144 valence electrons. The number of carbonyl (C=O) groups excluding carboxylic acids is 1. The zero-order valence-electron chi connectivity index (χ0n) is 15.6. The van der Waals surface area contributed by atoms with Crippen molar-refractivity contribution in [2.75, 3.05) is 56.2 Å². The molecule has 1 fully saturated rings. The van der Waals surface area contributed by atoms with E-state index >= 15 is 0 Å². The molecule has 0 unspecified atom stereocenters. The van der Waals surface area contributed by atoms with Crippen molar-refractivity contribution < 1.29 is 13.9 Å². The highest BCUT2D eigenvalue weighted by molar-refractivity contribution is 5.92. The number of nitrogens with one attached hydrogen (secondary N) is 1. The summed E-state index contributed by atoms with van der Waals surface area (Å²) >= 11 is 0. The van der Waals surface area contributed by atoms with E-state index in [1.54, 1.807) is 32.2 Å². The fourth-order valence-corrected chi connectivity index (χ4v) is 3.07. The largest absolute Gasteiger partial charge is 0.383 e. The van der Waals surface area contributed by atoms with E-state index in [4.69, 9.17) is 4.74 Å². The Morgan fingerprint density at radius 3 is 2.59 bits per heavy atom. The number of aromatic nitrogens is 2. The normalized spacial score (nSPS) is 14.3. The number of hydrogen-bond donors (Lipinski definition) is 1. The van der Waals surface area contributed by atoms with Crippen molar-refractivity contribution in [2.24, 2.45) is 0 Å². The van der Waals surface area contributed by atoms with Crippen LogP contribution in [0.15, 0.2) is 30.3 Å². The van der Waals surface area contributed by atoms with Gasteiger partial charge in [0.05, 0.1) is 12.3 Å². The minimum absolute atomic E-state index is 0.209. The highest BCUT2D eigenvalue weighted by atomic mass is 19.1. The molecule has 0 radical (unpaired) electrons. The number of carbonyl (C=O) groups is 1. The second-order valence-corrected chi connectivity index (χ2v) is 6.33. The lowest BCUT2D eigenvalue weighted by molar-refractivity contribution is 0.0931. The number of ether oxygens (including phenoxy) is 1. The van der Waals surface area contributed by atoms with Gasteiger partial charge in [-0.05, 0) is 19.1 Å². The van der Waals surface area contributed by atoms with E-state index in [-0.39, 0.29) is 11.7 Å². The van der Waals surface area contributed by atoms with Crippen LogP contribution in [0.3, 0.4) is 0 Å². The minimum Gasteiger partial charge on any atom is -0.383 e. The zero-order valence-corrected chi connectivity index (χ0v) is 15.6. The maximum Gasteiger partial charge on any atom is 0.270 e. The highest BCUT2D eigenvalue weighted by Gasteiger charge is 2.21. The van der Waals surface area contributed by atoms with Gasteiger partial charge in [-0.1, -0.05) is 12.1 Å². The van der Waals surface area contributed by atoms with Gasteiger partial charge < -0.3 is 19.9 Å². The van der Waals surface area contributed by atoms with E-state index in [1.165, 1.54) is 6.07 Å². The van der Waals surface area contributed by atoms with Crippen LogP contribution in [0.2, 0.25) is 0 Å². The van der Waals surface area contributed by atoms with Crippen LogP contribution in [0.1, 0.15) is 16.3 Å². The molecule has 1 aliphatic heterocycles. The number of hydrogen-bond acceptors (Lipinski definition) is 6. The molecule has 1 saturated heterocycles. The average molecular weight is 373 g/mol. The van der Waals surface area contributed by atoms with Gasteiger partial charge in [-0.15, -0.1) is 0 Å². The average Bonchev–Trinajstić information content (AvgIpc) is 2.68. The molecule has 27 heavy (non-hydrogen) atoms. The van der Waals surface area contributed by atoms with Crippen LogP contribution in [-0.2, 0) is 4.74 Å². The molecule has 7 nitrogen and oxygen atoms in total. The highest BCUT2D eigenvalue weighted by Crippen LogP contribution is 2.22. The van der Waals surface area contributed by atoms with E-state index in [2.05, 4.69) is 20.2 Å². The first-order chi connectivity index (χ1) is 13.1. The van der Waals surface area contributed by atoms with Gasteiger partial charge in [0.15, 0.2) is 0 Å². The van der Waals surface area contributed by atoms with Crippen molar-refractivity contribution in [3.8, 4) is 0 Å². The van der Waals surface area contributed by atoms with Gasteiger partial charge in [-0.3, -0.25) is 4.79 Å². The van der Waals surface area contributed by atoms with E-state index in [0.29, 0.717) is 62.4 Å².